The number of aliphatic hydroxyl groups is 1. The highest BCUT2D eigenvalue weighted by Gasteiger charge is 2.43. The number of ether oxygens (including phenoxy) is 3. The zero-order valence-corrected chi connectivity index (χ0v) is 21.4. The minimum absolute atomic E-state index is 0.170. The Morgan fingerprint density at radius 3 is 2.69 bits per heavy atom. The van der Waals surface area contributed by atoms with E-state index in [1.54, 1.807) is 30.0 Å². The summed E-state index contributed by atoms with van der Waals surface area (Å²) in [5, 5.41) is 11.3. The number of benzene rings is 1. The first-order valence-corrected chi connectivity index (χ1v) is 12.8. The van der Waals surface area contributed by atoms with Gasteiger partial charge in [0.25, 0.3) is 5.91 Å². The fourth-order valence-electron chi connectivity index (χ4n) is 4.77. The molecule has 198 valence electrons. The monoisotopic (exact) mass is 502 g/mol. The van der Waals surface area contributed by atoms with Crippen molar-refractivity contribution >= 4 is 23.5 Å². The van der Waals surface area contributed by atoms with E-state index in [9.17, 15) is 19.5 Å². The fraction of sp³-hybridized carbons (Fsp3) is 0.593. The molecule has 2 aliphatic rings. The highest BCUT2D eigenvalue weighted by molar-refractivity contribution is 6.07. The molecule has 0 aliphatic carbocycles. The molecule has 1 saturated heterocycles. The van der Waals surface area contributed by atoms with Gasteiger partial charge in [0.05, 0.1) is 37.6 Å². The first-order chi connectivity index (χ1) is 17.4. The van der Waals surface area contributed by atoms with Crippen LogP contribution in [0.4, 0.5) is 5.69 Å². The Kier molecular flexibility index (Phi) is 10.2. The third-order valence-electron chi connectivity index (χ3n) is 6.61. The molecule has 1 unspecified atom stereocenters. The lowest BCUT2D eigenvalue weighted by atomic mass is 10.00. The van der Waals surface area contributed by atoms with E-state index in [1.165, 1.54) is 12.0 Å². The van der Waals surface area contributed by atoms with E-state index in [1.807, 2.05) is 0 Å². The molecule has 2 heterocycles. The molecule has 1 fully saturated rings. The number of aliphatic hydroxyl groups excluding tert-OH is 1. The first-order valence-electron chi connectivity index (χ1n) is 12.8. The number of piperidine rings is 1. The summed E-state index contributed by atoms with van der Waals surface area (Å²) in [6.07, 6.45) is 6.05. The van der Waals surface area contributed by atoms with Gasteiger partial charge < -0.3 is 24.2 Å². The van der Waals surface area contributed by atoms with Crippen LogP contribution in [0.15, 0.2) is 24.8 Å². The van der Waals surface area contributed by atoms with Gasteiger partial charge in [0.2, 0.25) is 5.91 Å². The number of unbranched alkanes of at least 4 members (excludes halogenated alkanes) is 2. The first kappa shape index (κ1) is 27.5. The normalized spacial score (nSPS) is 19.1. The van der Waals surface area contributed by atoms with Gasteiger partial charge in [-0.15, -0.1) is 6.58 Å². The van der Waals surface area contributed by atoms with E-state index in [4.69, 9.17) is 14.2 Å². The van der Waals surface area contributed by atoms with Crippen LogP contribution in [0.25, 0.3) is 0 Å². The molecule has 1 N–H and O–H groups in total. The van der Waals surface area contributed by atoms with E-state index in [0.29, 0.717) is 74.6 Å². The Balaban J connectivity index is 1.84. The summed E-state index contributed by atoms with van der Waals surface area (Å²) in [6.45, 7) is 6.75. The summed E-state index contributed by atoms with van der Waals surface area (Å²) >= 11 is 0. The molecule has 0 bridgehead atoms. The lowest BCUT2D eigenvalue weighted by Gasteiger charge is -2.39. The number of anilines is 1. The number of esters is 1. The van der Waals surface area contributed by atoms with Crippen LogP contribution in [0, 0.1) is 0 Å². The second-order valence-electron chi connectivity index (χ2n) is 9.05. The molecule has 0 spiro atoms. The summed E-state index contributed by atoms with van der Waals surface area (Å²) in [6, 6.07) is 2.75. The number of nitrogens with zero attached hydrogens (tertiary/aromatic N) is 2. The molecular formula is C27H38N2O7. The summed E-state index contributed by atoms with van der Waals surface area (Å²) in [5.74, 6) is 0.0715. The lowest BCUT2D eigenvalue weighted by molar-refractivity contribution is -0.143. The molecule has 9 heteroatoms. The van der Waals surface area contributed by atoms with Gasteiger partial charge in [-0.05, 0) is 57.9 Å². The van der Waals surface area contributed by atoms with Crippen molar-refractivity contribution in [1.82, 2.24) is 4.90 Å². The average Bonchev–Trinajstić information content (AvgIpc) is 2.97. The predicted molar refractivity (Wildman–Crippen MR) is 135 cm³/mol. The van der Waals surface area contributed by atoms with E-state index in [0.717, 1.165) is 19.3 Å². The number of hydrogen-bond acceptors (Lipinski definition) is 7. The van der Waals surface area contributed by atoms with Gasteiger partial charge in [0.1, 0.15) is 0 Å². The largest absolute Gasteiger partial charge is 0.493 e. The number of allylic oxidation sites excluding steroid dienone is 1. The minimum Gasteiger partial charge on any atom is -0.493 e. The van der Waals surface area contributed by atoms with Crippen molar-refractivity contribution in [1.29, 1.82) is 0 Å². The second kappa shape index (κ2) is 13.3. The zero-order chi connectivity index (χ0) is 26.1. The maximum Gasteiger partial charge on any atom is 0.305 e. The molecule has 9 nitrogen and oxygen atoms in total. The van der Waals surface area contributed by atoms with Gasteiger partial charge in [-0.3, -0.25) is 19.3 Å². The van der Waals surface area contributed by atoms with Crippen molar-refractivity contribution in [2.75, 3.05) is 31.8 Å². The number of hydrogen-bond donors (Lipinski definition) is 1. The van der Waals surface area contributed by atoms with Crippen LogP contribution in [0.5, 0.6) is 11.5 Å². The van der Waals surface area contributed by atoms with E-state index in [-0.39, 0.29) is 24.2 Å². The van der Waals surface area contributed by atoms with Crippen LogP contribution in [0.3, 0.4) is 0 Å². The smallest absolute Gasteiger partial charge is 0.305 e. The Hall–Kier alpha value is -3.07. The molecule has 2 aliphatic heterocycles. The van der Waals surface area contributed by atoms with Gasteiger partial charge >= 0.3 is 5.97 Å². The van der Waals surface area contributed by atoms with Crippen LogP contribution in [-0.4, -0.2) is 66.9 Å². The zero-order valence-electron chi connectivity index (χ0n) is 21.4. The van der Waals surface area contributed by atoms with E-state index >= 15 is 0 Å². The van der Waals surface area contributed by atoms with Crippen LogP contribution < -0.4 is 14.4 Å². The molecule has 36 heavy (non-hydrogen) atoms. The van der Waals surface area contributed by atoms with Crippen molar-refractivity contribution in [3.63, 3.8) is 0 Å². The van der Waals surface area contributed by atoms with Crippen LogP contribution >= 0.6 is 0 Å². The van der Waals surface area contributed by atoms with Crippen molar-refractivity contribution in [2.45, 2.75) is 77.0 Å². The summed E-state index contributed by atoms with van der Waals surface area (Å²) in [7, 11) is 1.50. The number of methoxy groups -OCH3 is 1. The summed E-state index contributed by atoms with van der Waals surface area (Å²) < 4.78 is 16.5. The topological polar surface area (TPSA) is 106 Å². The fourth-order valence-corrected chi connectivity index (χ4v) is 4.77. The van der Waals surface area contributed by atoms with Crippen molar-refractivity contribution in [3.8, 4) is 11.5 Å². The maximum atomic E-state index is 13.5. The van der Waals surface area contributed by atoms with Crippen LogP contribution in [0.1, 0.15) is 75.1 Å². The Bertz CT molecular complexity index is 948. The maximum absolute atomic E-state index is 13.5. The van der Waals surface area contributed by atoms with Crippen molar-refractivity contribution in [2.24, 2.45) is 0 Å². The standard InChI is InChI=1S/C27H38N2O7/c1-4-6-13-24(30)29-21-18-23(36-16-11-7-8-14-25(31)35-5-2)22(34-3)17-19(21)26(32)28-15-10-9-12-20(28)27(29)33/h4,17-18,20,27,33H,1,5-16H2,2-3H3/t20-,27?/m0/s1. The number of rotatable bonds is 12. The van der Waals surface area contributed by atoms with Crippen molar-refractivity contribution < 1.29 is 33.7 Å². The molecule has 1 aromatic rings. The van der Waals surface area contributed by atoms with E-state index in [2.05, 4.69) is 6.58 Å². The molecule has 0 saturated carbocycles. The number of fused-ring (bicyclic) bond motifs is 2. The summed E-state index contributed by atoms with van der Waals surface area (Å²) in [4.78, 5) is 41.3. The Morgan fingerprint density at radius 1 is 1.17 bits per heavy atom. The third-order valence-corrected chi connectivity index (χ3v) is 6.61. The van der Waals surface area contributed by atoms with Gasteiger partial charge in [-0.1, -0.05) is 6.08 Å². The van der Waals surface area contributed by atoms with Crippen LogP contribution in [-0.2, 0) is 14.3 Å². The van der Waals surface area contributed by atoms with Gasteiger partial charge in [-0.25, -0.2) is 0 Å². The molecule has 0 aromatic heterocycles. The van der Waals surface area contributed by atoms with Crippen LogP contribution in [0.2, 0.25) is 0 Å². The molecule has 0 radical (unpaired) electrons. The number of carbonyl (C=O) groups excluding carboxylic acids is 3. The second-order valence-corrected chi connectivity index (χ2v) is 9.05. The van der Waals surface area contributed by atoms with Crippen molar-refractivity contribution in [3.05, 3.63) is 30.4 Å². The minimum atomic E-state index is -1.16. The predicted octanol–water partition coefficient (Wildman–Crippen LogP) is 3.82. The molecule has 2 amide bonds. The highest BCUT2D eigenvalue weighted by atomic mass is 16.5. The summed E-state index contributed by atoms with van der Waals surface area (Å²) in [5.41, 5.74) is 0.637. The Labute approximate surface area is 213 Å². The van der Waals surface area contributed by atoms with Gasteiger partial charge in [0, 0.05) is 25.5 Å². The molecule has 2 atom stereocenters. The van der Waals surface area contributed by atoms with Gasteiger partial charge in [-0.2, -0.15) is 0 Å². The number of carbonyl (C=O) groups is 3. The SMILES string of the molecule is C=CCCC(=O)N1c2cc(OCCCCCC(=O)OCC)c(OC)cc2C(=O)N2CCCC[C@H]2C1O. The number of amides is 2. The molecule has 1 aromatic carbocycles. The third kappa shape index (κ3) is 6.37. The molecule has 3 rings (SSSR count). The van der Waals surface area contributed by atoms with Gasteiger partial charge in [0.15, 0.2) is 17.7 Å². The molecular weight excluding hydrogens is 464 g/mol. The highest BCUT2D eigenvalue weighted by Crippen LogP contribution is 2.41. The van der Waals surface area contributed by atoms with E-state index < -0.39 is 12.3 Å². The Morgan fingerprint density at radius 2 is 1.97 bits per heavy atom. The quantitative estimate of drug-likeness (QED) is 0.263. The average molecular weight is 503 g/mol. The lowest BCUT2D eigenvalue weighted by Crippen LogP contribution is -2.54.